The van der Waals surface area contributed by atoms with E-state index in [9.17, 15) is 4.79 Å². The van der Waals surface area contributed by atoms with Crippen LogP contribution in [0, 0.1) is 12.8 Å². The van der Waals surface area contributed by atoms with Crippen LogP contribution in [-0.4, -0.2) is 33.8 Å². The molecule has 7 heteroatoms. The van der Waals surface area contributed by atoms with Gasteiger partial charge in [-0.25, -0.2) is 4.98 Å². The number of ether oxygens (including phenoxy) is 1. The lowest BCUT2D eigenvalue weighted by atomic mass is 9.91. The van der Waals surface area contributed by atoms with Gasteiger partial charge in [-0.05, 0) is 32.6 Å². The van der Waals surface area contributed by atoms with E-state index in [1.807, 2.05) is 6.20 Å². The predicted molar refractivity (Wildman–Crippen MR) is 82.9 cm³/mol. The van der Waals surface area contributed by atoms with Gasteiger partial charge in [0.25, 0.3) is 5.91 Å². The number of hydrogen-bond donors (Lipinski definition) is 1. The Bertz CT molecular complexity index is 658. The van der Waals surface area contributed by atoms with Crippen LogP contribution in [0.15, 0.2) is 23.0 Å². The van der Waals surface area contributed by atoms with Gasteiger partial charge in [-0.3, -0.25) is 4.79 Å². The van der Waals surface area contributed by atoms with Crippen LogP contribution < -0.4 is 5.32 Å². The van der Waals surface area contributed by atoms with E-state index < -0.39 is 0 Å². The van der Waals surface area contributed by atoms with Crippen molar-refractivity contribution in [2.45, 2.75) is 39.3 Å². The summed E-state index contributed by atoms with van der Waals surface area (Å²) in [5.74, 6) is 1.57. The summed E-state index contributed by atoms with van der Waals surface area (Å²) in [6.07, 6.45) is 5.52. The second-order valence-corrected chi connectivity index (χ2v) is 5.80. The molecule has 2 aromatic rings. The van der Waals surface area contributed by atoms with Crippen molar-refractivity contribution in [1.82, 2.24) is 20.0 Å². The Morgan fingerprint density at radius 1 is 1.48 bits per heavy atom. The smallest absolute Gasteiger partial charge is 0.274 e. The first-order valence-electron chi connectivity index (χ1n) is 8.02. The number of amides is 1. The van der Waals surface area contributed by atoms with Crippen molar-refractivity contribution in [2.24, 2.45) is 5.92 Å². The minimum Gasteiger partial charge on any atom is -0.381 e. The first-order valence-corrected chi connectivity index (χ1v) is 8.02. The zero-order valence-electron chi connectivity index (χ0n) is 13.5. The summed E-state index contributed by atoms with van der Waals surface area (Å²) in [5, 5.41) is 6.89. The van der Waals surface area contributed by atoms with Gasteiger partial charge >= 0.3 is 0 Å². The summed E-state index contributed by atoms with van der Waals surface area (Å²) in [6, 6.07) is 1.49. The van der Waals surface area contributed by atoms with Gasteiger partial charge in [-0.15, -0.1) is 0 Å². The van der Waals surface area contributed by atoms with E-state index in [0.29, 0.717) is 30.6 Å². The molecule has 1 aliphatic rings. The maximum absolute atomic E-state index is 12.5. The number of nitrogens with one attached hydrogen (secondary N) is 1. The highest BCUT2D eigenvalue weighted by Crippen LogP contribution is 2.29. The summed E-state index contributed by atoms with van der Waals surface area (Å²) in [4.78, 5) is 17.0. The molecular formula is C16H22N4O3. The molecule has 1 fully saturated rings. The van der Waals surface area contributed by atoms with E-state index in [1.54, 1.807) is 19.2 Å². The van der Waals surface area contributed by atoms with E-state index in [4.69, 9.17) is 9.26 Å². The number of aryl methyl sites for hydroxylation is 2. The molecule has 0 saturated carbocycles. The Labute approximate surface area is 135 Å². The SMILES string of the molecule is CCn1ccnc1[C@H](NC(=O)c1cc(C)on1)C1CCOCC1. The Balaban J connectivity index is 1.84. The maximum Gasteiger partial charge on any atom is 0.274 e. The fourth-order valence-electron chi connectivity index (χ4n) is 3.00. The molecule has 0 bridgehead atoms. The third-order valence-electron chi connectivity index (χ3n) is 4.25. The third kappa shape index (κ3) is 3.44. The van der Waals surface area contributed by atoms with Crippen LogP contribution in [0.2, 0.25) is 0 Å². The Kier molecular flexibility index (Phi) is 4.76. The van der Waals surface area contributed by atoms with Gasteiger partial charge in [0.1, 0.15) is 11.6 Å². The summed E-state index contributed by atoms with van der Waals surface area (Å²) < 4.78 is 12.5. The van der Waals surface area contributed by atoms with E-state index >= 15 is 0 Å². The molecule has 23 heavy (non-hydrogen) atoms. The van der Waals surface area contributed by atoms with Gasteiger partial charge in [0.05, 0.1) is 6.04 Å². The molecule has 1 N–H and O–H groups in total. The molecule has 0 radical (unpaired) electrons. The molecule has 1 amide bonds. The summed E-state index contributed by atoms with van der Waals surface area (Å²) in [7, 11) is 0. The fourth-order valence-corrected chi connectivity index (χ4v) is 3.00. The molecule has 0 unspecified atom stereocenters. The first kappa shape index (κ1) is 15.7. The highest BCUT2D eigenvalue weighted by molar-refractivity contribution is 5.92. The van der Waals surface area contributed by atoms with Gasteiger partial charge in [-0.2, -0.15) is 0 Å². The molecular weight excluding hydrogens is 296 g/mol. The number of nitrogens with zero attached hydrogens (tertiary/aromatic N) is 3. The first-order chi connectivity index (χ1) is 11.2. The Morgan fingerprint density at radius 3 is 2.91 bits per heavy atom. The highest BCUT2D eigenvalue weighted by atomic mass is 16.5. The molecule has 124 valence electrons. The van der Waals surface area contributed by atoms with Crippen molar-refractivity contribution in [1.29, 1.82) is 0 Å². The van der Waals surface area contributed by atoms with Crippen LogP contribution >= 0.6 is 0 Å². The third-order valence-corrected chi connectivity index (χ3v) is 4.25. The summed E-state index contributed by atoms with van der Waals surface area (Å²) >= 11 is 0. The van der Waals surface area contributed by atoms with Gasteiger partial charge in [0.15, 0.2) is 5.69 Å². The van der Waals surface area contributed by atoms with Crippen LogP contribution in [0.5, 0.6) is 0 Å². The fraction of sp³-hybridized carbons (Fsp3) is 0.562. The lowest BCUT2D eigenvalue weighted by Crippen LogP contribution is -2.37. The number of aromatic nitrogens is 3. The van der Waals surface area contributed by atoms with Crippen molar-refractivity contribution in [2.75, 3.05) is 13.2 Å². The number of rotatable bonds is 5. The number of hydrogen-bond acceptors (Lipinski definition) is 5. The number of imidazole rings is 1. The van der Waals surface area contributed by atoms with Crippen molar-refractivity contribution in [3.63, 3.8) is 0 Å². The van der Waals surface area contributed by atoms with E-state index in [1.165, 1.54) is 0 Å². The normalized spacial score (nSPS) is 17.1. The van der Waals surface area contributed by atoms with Crippen LogP contribution in [0.1, 0.15) is 47.9 Å². The molecule has 2 aromatic heterocycles. The van der Waals surface area contributed by atoms with E-state index in [-0.39, 0.29) is 11.9 Å². The van der Waals surface area contributed by atoms with Crippen molar-refractivity contribution < 1.29 is 14.1 Å². The number of carbonyl (C=O) groups excluding carboxylic acids is 1. The molecule has 0 aromatic carbocycles. The van der Waals surface area contributed by atoms with Gasteiger partial charge in [-0.1, -0.05) is 5.16 Å². The summed E-state index contributed by atoms with van der Waals surface area (Å²) in [5.41, 5.74) is 0.300. The molecule has 3 heterocycles. The lowest BCUT2D eigenvalue weighted by Gasteiger charge is -2.30. The van der Waals surface area contributed by atoms with Crippen LogP contribution in [0.4, 0.5) is 0 Å². The molecule has 1 saturated heterocycles. The van der Waals surface area contributed by atoms with Gasteiger partial charge < -0.3 is 19.1 Å². The highest BCUT2D eigenvalue weighted by Gasteiger charge is 2.30. The molecule has 1 atom stereocenters. The zero-order valence-corrected chi connectivity index (χ0v) is 13.5. The largest absolute Gasteiger partial charge is 0.381 e. The van der Waals surface area contributed by atoms with E-state index in [2.05, 4.69) is 26.9 Å². The van der Waals surface area contributed by atoms with Crippen LogP contribution in [0.3, 0.4) is 0 Å². The minimum absolute atomic E-state index is 0.154. The van der Waals surface area contributed by atoms with Gasteiger partial charge in [0.2, 0.25) is 0 Å². The minimum atomic E-state index is -0.232. The second-order valence-electron chi connectivity index (χ2n) is 5.80. The van der Waals surface area contributed by atoms with Crippen molar-refractivity contribution >= 4 is 5.91 Å². The topological polar surface area (TPSA) is 82.2 Å². The average molecular weight is 318 g/mol. The van der Waals surface area contributed by atoms with E-state index in [0.717, 1.165) is 25.2 Å². The molecule has 1 aliphatic heterocycles. The molecule has 0 spiro atoms. The maximum atomic E-state index is 12.5. The standard InChI is InChI=1S/C16H22N4O3/c1-3-20-7-6-17-15(20)14(12-4-8-22-9-5-12)18-16(21)13-10-11(2)23-19-13/h6-7,10,12,14H,3-5,8-9H2,1-2H3,(H,18,21)/t14-/m1/s1. The average Bonchev–Trinajstić information content (AvgIpc) is 3.21. The predicted octanol–water partition coefficient (Wildman–Crippen LogP) is 2.10. The van der Waals surface area contributed by atoms with Gasteiger partial charge in [0, 0.05) is 38.2 Å². The monoisotopic (exact) mass is 318 g/mol. The van der Waals surface area contributed by atoms with Crippen molar-refractivity contribution in [3.8, 4) is 0 Å². The van der Waals surface area contributed by atoms with Crippen LogP contribution in [-0.2, 0) is 11.3 Å². The Morgan fingerprint density at radius 2 is 2.26 bits per heavy atom. The van der Waals surface area contributed by atoms with Crippen LogP contribution in [0.25, 0.3) is 0 Å². The molecule has 7 nitrogen and oxygen atoms in total. The number of carbonyl (C=O) groups is 1. The lowest BCUT2D eigenvalue weighted by molar-refractivity contribution is 0.0497. The molecule has 3 rings (SSSR count). The quantitative estimate of drug-likeness (QED) is 0.913. The zero-order chi connectivity index (χ0) is 16.2. The molecule has 0 aliphatic carbocycles. The van der Waals surface area contributed by atoms with Crippen molar-refractivity contribution in [3.05, 3.63) is 35.7 Å². The Hall–Kier alpha value is -2.15. The second kappa shape index (κ2) is 6.95. The summed E-state index contributed by atoms with van der Waals surface area (Å²) in [6.45, 7) is 6.08.